The maximum absolute atomic E-state index is 12.5. The van der Waals surface area contributed by atoms with Crippen molar-refractivity contribution in [2.75, 3.05) is 20.2 Å². The van der Waals surface area contributed by atoms with E-state index >= 15 is 0 Å². The largest absolute Gasteiger partial charge is 0.378 e. The van der Waals surface area contributed by atoms with E-state index in [1.54, 1.807) is 7.11 Å². The van der Waals surface area contributed by atoms with Crippen LogP contribution in [0.25, 0.3) is 0 Å². The Kier molecular flexibility index (Phi) is 4.76. The van der Waals surface area contributed by atoms with E-state index in [0.29, 0.717) is 12.5 Å². The maximum Gasteiger partial charge on any atom is 0.270 e. The van der Waals surface area contributed by atoms with Crippen LogP contribution in [0, 0.1) is 5.92 Å². The molecule has 0 unspecified atom stereocenters. The lowest BCUT2D eigenvalue weighted by Gasteiger charge is -2.32. The number of amides is 1. The number of hydrogen-bond acceptors (Lipinski definition) is 4. The molecule has 7 heteroatoms. The van der Waals surface area contributed by atoms with E-state index in [1.807, 2.05) is 45.7 Å². The van der Waals surface area contributed by atoms with Gasteiger partial charge in [0.05, 0.1) is 12.8 Å². The second-order valence-electron chi connectivity index (χ2n) is 6.10. The van der Waals surface area contributed by atoms with Gasteiger partial charge in [-0.15, -0.1) is 5.10 Å². The summed E-state index contributed by atoms with van der Waals surface area (Å²) < 4.78 is 8.81. The van der Waals surface area contributed by atoms with Crippen molar-refractivity contribution >= 4 is 5.91 Å². The summed E-state index contributed by atoms with van der Waals surface area (Å²) in [5, 5.41) is 8.22. The number of piperidine rings is 1. The molecule has 2 aromatic rings. The summed E-state index contributed by atoms with van der Waals surface area (Å²) in [6.07, 6.45) is 5.83. The minimum absolute atomic E-state index is 0.124. The molecule has 0 N–H and O–H groups in total. The van der Waals surface area contributed by atoms with Crippen LogP contribution in [-0.2, 0) is 24.9 Å². The van der Waals surface area contributed by atoms with Crippen molar-refractivity contribution < 1.29 is 9.53 Å². The molecule has 3 rings (SSSR count). The number of hydrogen-bond donors (Lipinski definition) is 0. The first-order valence-electron chi connectivity index (χ1n) is 7.96. The second kappa shape index (κ2) is 6.95. The average Bonchev–Trinajstić information content (AvgIpc) is 3.17. The van der Waals surface area contributed by atoms with Gasteiger partial charge in [0.2, 0.25) is 0 Å². The molecular weight excluding hydrogens is 294 g/mol. The molecular formula is C16H23N5O2. The van der Waals surface area contributed by atoms with Crippen molar-refractivity contribution in [1.82, 2.24) is 24.5 Å². The van der Waals surface area contributed by atoms with E-state index in [2.05, 4.69) is 10.3 Å². The fourth-order valence-electron chi connectivity index (χ4n) is 3.07. The highest BCUT2D eigenvalue weighted by molar-refractivity contribution is 5.92. The van der Waals surface area contributed by atoms with Gasteiger partial charge in [-0.05, 0) is 30.9 Å². The smallest absolute Gasteiger partial charge is 0.270 e. The van der Waals surface area contributed by atoms with Gasteiger partial charge in [-0.1, -0.05) is 5.21 Å². The van der Waals surface area contributed by atoms with Crippen molar-refractivity contribution in [3.05, 3.63) is 35.9 Å². The number of likely N-dealkylation sites (tertiary alicyclic amines) is 1. The van der Waals surface area contributed by atoms with Crippen LogP contribution in [0.1, 0.15) is 29.0 Å². The van der Waals surface area contributed by atoms with Crippen LogP contribution in [0.15, 0.2) is 24.5 Å². The Morgan fingerprint density at radius 2 is 2.17 bits per heavy atom. The first kappa shape index (κ1) is 15.7. The number of aryl methyl sites for hydroxylation is 1. The fraction of sp³-hybridized carbons (Fsp3) is 0.562. The molecule has 0 bridgehead atoms. The Hall–Kier alpha value is -2.15. The SMILES string of the molecule is COCc1cn(CC2CCN(C(=O)c3cccn3C)CC2)nn1. The van der Waals surface area contributed by atoms with Crippen LogP contribution in [-0.4, -0.2) is 50.6 Å². The zero-order valence-electron chi connectivity index (χ0n) is 13.7. The number of carbonyl (C=O) groups excluding carboxylic acids is 1. The molecule has 7 nitrogen and oxygen atoms in total. The van der Waals surface area contributed by atoms with E-state index in [4.69, 9.17) is 4.74 Å². The molecule has 0 atom stereocenters. The lowest BCUT2D eigenvalue weighted by Crippen LogP contribution is -2.40. The second-order valence-corrected chi connectivity index (χ2v) is 6.10. The van der Waals surface area contributed by atoms with E-state index < -0.39 is 0 Å². The van der Waals surface area contributed by atoms with Crippen molar-refractivity contribution in [1.29, 1.82) is 0 Å². The highest BCUT2D eigenvalue weighted by Gasteiger charge is 2.25. The predicted molar refractivity (Wildman–Crippen MR) is 84.8 cm³/mol. The van der Waals surface area contributed by atoms with Gasteiger partial charge in [0.15, 0.2) is 0 Å². The number of ether oxygens (including phenoxy) is 1. The number of nitrogens with zero attached hydrogens (tertiary/aromatic N) is 5. The fourth-order valence-corrected chi connectivity index (χ4v) is 3.07. The first-order valence-corrected chi connectivity index (χ1v) is 7.96. The molecule has 1 aliphatic heterocycles. The Balaban J connectivity index is 1.52. The summed E-state index contributed by atoms with van der Waals surface area (Å²) in [7, 11) is 3.56. The van der Waals surface area contributed by atoms with Crippen LogP contribution in [0.2, 0.25) is 0 Å². The van der Waals surface area contributed by atoms with Crippen molar-refractivity contribution in [2.45, 2.75) is 26.0 Å². The molecule has 1 fully saturated rings. The Bertz CT molecular complexity index is 655. The van der Waals surface area contributed by atoms with E-state index in [1.165, 1.54) is 0 Å². The van der Waals surface area contributed by atoms with Crippen LogP contribution in [0.3, 0.4) is 0 Å². The molecule has 0 spiro atoms. The van der Waals surface area contributed by atoms with Crippen molar-refractivity contribution in [3.63, 3.8) is 0 Å². The molecule has 1 saturated heterocycles. The lowest BCUT2D eigenvalue weighted by atomic mass is 9.96. The quantitative estimate of drug-likeness (QED) is 0.834. The molecule has 1 amide bonds. The Labute approximate surface area is 135 Å². The minimum atomic E-state index is 0.124. The van der Waals surface area contributed by atoms with E-state index in [9.17, 15) is 4.79 Å². The number of carbonyl (C=O) groups is 1. The Morgan fingerprint density at radius 1 is 1.39 bits per heavy atom. The highest BCUT2D eigenvalue weighted by atomic mass is 16.5. The van der Waals surface area contributed by atoms with Gasteiger partial charge < -0.3 is 14.2 Å². The van der Waals surface area contributed by atoms with Gasteiger partial charge in [0, 0.05) is 40.0 Å². The highest BCUT2D eigenvalue weighted by Crippen LogP contribution is 2.20. The monoisotopic (exact) mass is 317 g/mol. The predicted octanol–water partition coefficient (Wildman–Crippen LogP) is 1.32. The zero-order valence-corrected chi connectivity index (χ0v) is 13.7. The molecule has 0 aromatic carbocycles. The third-order valence-corrected chi connectivity index (χ3v) is 4.39. The summed E-state index contributed by atoms with van der Waals surface area (Å²) in [6, 6.07) is 3.78. The average molecular weight is 317 g/mol. The van der Waals surface area contributed by atoms with Gasteiger partial charge in [0.25, 0.3) is 5.91 Å². The lowest BCUT2D eigenvalue weighted by molar-refractivity contribution is 0.0671. The van der Waals surface area contributed by atoms with Crippen LogP contribution in [0.4, 0.5) is 0 Å². The Morgan fingerprint density at radius 3 is 2.83 bits per heavy atom. The molecule has 0 radical (unpaired) electrons. The van der Waals surface area contributed by atoms with Gasteiger partial charge in [-0.25, -0.2) is 0 Å². The molecule has 0 saturated carbocycles. The van der Waals surface area contributed by atoms with Crippen LogP contribution >= 0.6 is 0 Å². The van der Waals surface area contributed by atoms with E-state index in [-0.39, 0.29) is 5.91 Å². The van der Waals surface area contributed by atoms with Gasteiger partial charge in [-0.3, -0.25) is 9.48 Å². The minimum Gasteiger partial charge on any atom is -0.378 e. The normalized spacial score (nSPS) is 16.0. The molecule has 1 aliphatic rings. The van der Waals surface area contributed by atoms with Gasteiger partial charge in [-0.2, -0.15) is 0 Å². The zero-order chi connectivity index (χ0) is 16.2. The number of aromatic nitrogens is 4. The third-order valence-electron chi connectivity index (χ3n) is 4.39. The standard InChI is InChI=1S/C16H23N5O2/c1-19-7-3-4-15(19)16(22)20-8-5-13(6-9-20)10-21-11-14(12-23-2)17-18-21/h3-4,7,11,13H,5-6,8-10,12H2,1-2H3. The van der Waals surface area contributed by atoms with Crippen molar-refractivity contribution in [3.8, 4) is 0 Å². The first-order chi connectivity index (χ1) is 11.2. The summed E-state index contributed by atoms with van der Waals surface area (Å²) in [4.78, 5) is 14.4. The molecule has 0 aliphatic carbocycles. The van der Waals surface area contributed by atoms with E-state index in [0.717, 1.165) is 43.9 Å². The topological polar surface area (TPSA) is 65.2 Å². The number of rotatable bonds is 5. The molecule has 2 aromatic heterocycles. The summed E-state index contributed by atoms with van der Waals surface area (Å²) in [5.74, 6) is 0.656. The molecule has 3 heterocycles. The van der Waals surface area contributed by atoms with Crippen LogP contribution < -0.4 is 0 Å². The summed E-state index contributed by atoms with van der Waals surface area (Å²) >= 11 is 0. The third kappa shape index (κ3) is 3.61. The van der Waals surface area contributed by atoms with Crippen LogP contribution in [0.5, 0.6) is 0 Å². The van der Waals surface area contributed by atoms with Gasteiger partial charge >= 0.3 is 0 Å². The van der Waals surface area contributed by atoms with Crippen molar-refractivity contribution in [2.24, 2.45) is 13.0 Å². The number of methoxy groups -OCH3 is 1. The summed E-state index contributed by atoms with van der Waals surface area (Å²) in [6.45, 7) is 2.94. The van der Waals surface area contributed by atoms with Gasteiger partial charge in [0.1, 0.15) is 11.4 Å². The maximum atomic E-state index is 12.5. The molecule has 23 heavy (non-hydrogen) atoms. The summed E-state index contributed by atoms with van der Waals surface area (Å²) in [5.41, 5.74) is 1.60. The molecule has 124 valence electrons.